The number of hydrogen-bond donors (Lipinski definition) is 1. The van der Waals surface area contributed by atoms with Crippen molar-refractivity contribution in [1.82, 2.24) is 15.1 Å². The van der Waals surface area contributed by atoms with Crippen LogP contribution in [0.15, 0.2) is 42.7 Å². The molecule has 0 saturated heterocycles. The quantitative estimate of drug-likeness (QED) is 0.589. The Bertz CT molecular complexity index is 543. The fourth-order valence-electron chi connectivity index (χ4n) is 1.93. The Balaban J connectivity index is 1.72. The lowest BCUT2D eigenvalue weighted by Gasteiger charge is -2.10. The van der Waals surface area contributed by atoms with Crippen LogP contribution in [-0.4, -0.2) is 22.9 Å². The first-order chi connectivity index (χ1) is 9.90. The molecule has 1 heterocycles. The summed E-state index contributed by atoms with van der Waals surface area (Å²) in [6, 6.07) is 9.88. The monoisotopic (exact) mass is 269 g/mol. The maximum absolute atomic E-state index is 5.51. The highest BCUT2D eigenvalue weighted by atomic mass is 16.5. The standard InChI is InChI=1S/C16H19N3O/c1-2-13-20-16-8-4-3-7-15(16)14-17-9-5-11-19-12-6-10-18-19/h1,3-4,6-8,10,12,17H,5,9,11,13-14H2. The number of rotatable bonds is 8. The van der Waals surface area contributed by atoms with E-state index in [-0.39, 0.29) is 0 Å². The van der Waals surface area contributed by atoms with E-state index in [0.29, 0.717) is 6.61 Å². The number of nitrogens with one attached hydrogen (secondary N) is 1. The van der Waals surface area contributed by atoms with Gasteiger partial charge in [-0.2, -0.15) is 5.10 Å². The molecule has 1 aromatic heterocycles. The van der Waals surface area contributed by atoms with E-state index in [4.69, 9.17) is 11.2 Å². The highest BCUT2D eigenvalue weighted by Crippen LogP contribution is 2.17. The molecule has 0 fully saturated rings. The van der Waals surface area contributed by atoms with Crippen LogP contribution in [0.4, 0.5) is 0 Å². The molecule has 0 aliphatic heterocycles. The summed E-state index contributed by atoms with van der Waals surface area (Å²) in [7, 11) is 0. The van der Waals surface area contributed by atoms with Gasteiger partial charge in [-0.25, -0.2) is 0 Å². The van der Waals surface area contributed by atoms with Crippen LogP contribution in [-0.2, 0) is 13.1 Å². The molecule has 1 aromatic carbocycles. The van der Waals surface area contributed by atoms with E-state index in [1.165, 1.54) is 0 Å². The molecule has 0 aliphatic carbocycles. The van der Waals surface area contributed by atoms with Gasteiger partial charge in [-0.1, -0.05) is 24.1 Å². The van der Waals surface area contributed by atoms with E-state index in [1.807, 2.05) is 41.2 Å². The van der Waals surface area contributed by atoms with Gasteiger partial charge in [-0.15, -0.1) is 6.42 Å². The van der Waals surface area contributed by atoms with Gasteiger partial charge in [0, 0.05) is 31.0 Å². The van der Waals surface area contributed by atoms with Gasteiger partial charge >= 0.3 is 0 Å². The molecule has 0 amide bonds. The summed E-state index contributed by atoms with van der Waals surface area (Å²) < 4.78 is 7.45. The zero-order chi connectivity index (χ0) is 14.0. The molecule has 20 heavy (non-hydrogen) atoms. The minimum absolute atomic E-state index is 0.302. The molecular formula is C16H19N3O. The van der Waals surface area contributed by atoms with Crippen molar-refractivity contribution in [2.45, 2.75) is 19.5 Å². The zero-order valence-electron chi connectivity index (χ0n) is 11.5. The molecule has 0 aliphatic rings. The third-order valence-corrected chi connectivity index (χ3v) is 2.90. The lowest BCUT2D eigenvalue weighted by atomic mass is 10.2. The van der Waals surface area contributed by atoms with Crippen LogP contribution in [0.1, 0.15) is 12.0 Å². The Morgan fingerprint density at radius 3 is 3.00 bits per heavy atom. The molecule has 0 saturated carbocycles. The van der Waals surface area contributed by atoms with E-state index in [0.717, 1.165) is 37.4 Å². The lowest BCUT2D eigenvalue weighted by molar-refractivity contribution is 0.364. The van der Waals surface area contributed by atoms with Gasteiger partial charge in [-0.05, 0) is 25.1 Å². The van der Waals surface area contributed by atoms with Crippen molar-refractivity contribution < 1.29 is 4.74 Å². The maximum Gasteiger partial charge on any atom is 0.148 e. The van der Waals surface area contributed by atoms with Gasteiger partial charge in [0.25, 0.3) is 0 Å². The highest BCUT2D eigenvalue weighted by Gasteiger charge is 2.01. The van der Waals surface area contributed by atoms with Crippen LogP contribution in [0.5, 0.6) is 5.75 Å². The van der Waals surface area contributed by atoms with Crippen LogP contribution < -0.4 is 10.1 Å². The van der Waals surface area contributed by atoms with Crippen LogP contribution in [0.25, 0.3) is 0 Å². The van der Waals surface area contributed by atoms with E-state index >= 15 is 0 Å². The first-order valence-electron chi connectivity index (χ1n) is 6.72. The topological polar surface area (TPSA) is 39.1 Å². The predicted octanol–water partition coefficient (Wildman–Crippen LogP) is 2.08. The van der Waals surface area contributed by atoms with Gasteiger partial charge in [0.15, 0.2) is 0 Å². The first kappa shape index (κ1) is 14.2. The molecule has 2 aromatic rings. The van der Waals surface area contributed by atoms with Gasteiger partial charge < -0.3 is 10.1 Å². The normalized spacial score (nSPS) is 10.2. The van der Waals surface area contributed by atoms with Crippen molar-refractivity contribution in [3.63, 3.8) is 0 Å². The second-order valence-electron chi connectivity index (χ2n) is 4.40. The van der Waals surface area contributed by atoms with E-state index in [1.54, 1.807) is 6.20 Å². The Morgan fingerprint density at radius 1 is 1.30 bits per heavy atom. The van der Waals surface area contributed by atoms with Crippen molar-refractivity contribution >= 4 is 0 Å². The van der Waals surface area contributed by atoms with E-state index in [9.17, 15) is 0 Å². The van der Waals surface area contributed by atoms with E-state index in [2.05, 4.69) is 16.3 Å². The van der Waals surface area contributed by atoms with Crippen molar-refractivity contribution in [1.29, 1.82) is 0 Å². The molecule has 0 unspecified atom stereocenters. The second kappa shape index (κ2) is 8.03. The predicted molar refractivity (Wildman–Crippen MR) is 79.3 cm³/mol. The number of aromatic nitrogens is 2. The lowest BCUT2D eigenvalue weighted by Crippen LogP contribution is -2.17. The Labute approximate surface area is 119 Å². The minimum Gasteiger partial charge on any atom is -0.481 e. The molecule has 4 heteroatoms. The minimum atomic E-state index is 0.302. The number of aryl methyl sites for hydroxylation is 1. The largest absolute Gasteiger partial charge is 0.481 e. The van der Waals surface area contributed by atoms with Crippen molar-refractivity contribution in [3.8, 4) is 18.1 Å². The van der Waals surface area contributed by atoms with Gasteiger partial charge in [0.2, 0.25) is 0 Å². The molecule has 0 atom stereocenters. The molecule has 0 spiro atoms. The fourth-order valence-corrected chi connectivity index (χ4v) is 1.93. The van der Waals surface area contributed by atoms with Crippen LogP contribution in [0.3, 0.4) is 0 Å². The number of nitrogens with zero attached hydrogens (tertiary/aromatic N) is 2. The SMILES string of the molecule is C#CCOc1ccccc1CNCCCn1cccn1. The fraction of sp³-hybridized carbons (Fsp3) is 0.312. The number of benzene rings is 1. The third-order valence-electron chi connectivity index (χ3n) is 2.90. The molecule has 104 valence electrons. The first-order valence-corrected chi connectivity index (χ1v) is 6.72. The summed E-state index contributed by atoms with van der Waals surface area (Å²) in [5.74, 6) is 3.33. The molecular weight excluding hydrogens is 250 g/mol. The number of hydrogen-bond acceptors (Lipinski definition) is 3. The summed E-state index contributed by atoms with van der Waals surface area (Å²) in [6.07, 6.45) is 10.0. The summed E-state index contributed by atoms with van der Waals surface area (Å²) in [4.78, 5) is 0. The Morgan fingerprint density at radius 2 is 2.20 bits per heavy atom. The molecule has 0 radical (unpaired) electrons. The maximum atomic E-state index is 5.51. The van der Waals surface area contributed by atoms with Crippen LogP contribution in [0, 0.1) is 12.3 Å². The van der Waals surface area contributed by atoms with Crippen LogP contribution >= 0.6 is 0 Å². The van der Waals surface area contributed by atoms with Gasteiger partial charge in [-0.3, -0.25) is 4.68 Å². The molecule has 0 bridgehead atoms. The van der Waals surface area contributed by atoms with Gasteiger partial charge in [0.1, 0.15) is 12.4 Å². The number of terminal acetylenes is 1. The highest BCUT2D eigenvalue weighted by molar-refractivity contribution is 5.33. The van der Waals surface area contributed by atoms with Gasteiger partial charge in [0.05, 0.1) is 0 Å². The second-order valence-corrected chi connectivity index (χ2v) is 4.40. The van der Waals surface area contributed by atoms with E-state index < -0.39 is 0 Å². The molecule has 4 nitrogen and oxygen atoms in total. The number of ether oxygens (including phenoxy) is 1. The van der Waals surface area contributed by atoms with Crippen molar-refractivity contribution in [3.05, 3.63) is 48.3 Å². The zero-order valence-corrected chi connectivity index (χ0v) is 11.5. The average molecular weight is 269 g/mol. The summed E-state index contributed by atoms with van der Waals surface area (Å²) in [5.41, 5.74) is 1.13. The third kappa shape index (κ3) is 4.45. The molecule has 2 rings (SSSR count). The molecule has 1 N–H and O–H groups in total. The summed E-state index contributed by atoms with van der Waals surface area (Å²) in [6.45, 7) is 2.94. The Hall–Kier alpha value is -2.25. The summed E-state index contributed by atoms with van der Waals surface area (Å²) in [5, 5.41) is 7.58. The smallest absolute Gasteiger partial charge is 0.148 e. The van der Waals surface area contributed by atoms with Crippen molar-refractivity contribution in [2.24, 2.45) is 0 Å². The Kier molecular flexibility index (Phi) is 5.69. The average Bonchev–Trinajstić information content (AvgIpc) is 2.99. The number of para-hydroxylation sites is 1. The van der Waals surface area contributed by atoms with Crippen LogP contribution in [0.2, 0.25) is 0 Å². The van der Waals surface area contributed by atoms with Crippen molar-refractivity contribution in [2.75, 3.05) is 13.2 Å². The summed E-state index contributed by atoms with van der Waals surface area (Å²) >= 11 is 0.